The molecular weight excluding hydrogens is 316 g/mol. The summed E-state index contributed by atoms with van der Waals surface area (Å²) >= 11 is 0. The highest BCUT2D eigenvalue weighted by Gasteiger charge is 2.12. The number of benzene rings is 3. The lowest BCUT2D eigenvalue weighted by atomic mass is 10.1. The second-order valence-electron chi connectivity index (χ2n) is 5.89. The summed E-state index contributed by atoms with van der Waals surface area (Å²) in [4.78, 5) is 12.1. The van der Waals surface area contributed by atoms with E-state index in [2.05, 4.69) is 0 Å². The summed E-state index contributed by atoms with van der Waals surface area (Å²) in [5, 5.41) is 12.0. The molecule has 1 unspecified atom stereocenters. The summed E-state index contributed by atoms with van der Waals surface area (Å²) in [6.07, 6.45) is -0.885. The lowest BCUT2D eigenvalue weighted by molar-refractivity contribution is 0.0129. The Bertz CT molecular complexity index is 872. The van der Waals surface area contributed by atoms with Crippen LogP contribution in [0.25, 0.3) is 10.8 Å². The summed E-state index contributed by atoms with van der Waals surface area (Å²) in [6.45, 7) is 1.88. The van der Waals surface area contributed by atoms with Crippen molar-refractivity contribution in [1.29, 1.82) is 0 Å². The minimum atomic E-state index is -0.885. The second-order valence-corrected chi connectivity index (χ2v) is 5.89. The van der Waals surface area contributed by atoms with Gasteiger partial charge in [-0.1, -0.05) is 48.5 Å². The molecule has 3 aromatic rings. The van der Waals surface area contributed by atoms with Crippen LogP contribution in [0.1, 0.15) is 15.9 Å². The molecule has 1 N–H and O–H groups in total. The van der Waals surface area contributed by atoms with Gasteiger partial charge in [0.05, 0.1) is 5.56 Å². The molecule has 0 aliphatic rings. The maximum Gasteiger partial charge on any atom is 0.338 e. The van der Waals surface area contributed by atoms with Gasteiger partial charge < -0.3 is 14.6 Å². The quantitative estimate of drug-likeness (QED) is 0.697. The van der Waals surface area contributed by atoms with Crippen LogP contribution in [0, 0.1) is 6.92 Å². The Morgan fingerprint density at radius 3 is 2.48 bits per heavy atom. The average molecular weight is 336 g/mol. The van der Waals surface area contributed by atoms with E-state index >= 15 is 0 Å². The van der Waals surface area contributed by atoms with Crippen LogP contribution >= 0.6 is 0 Å². The SMILES string of the molecule is Cc1ccccc1OCC(O)COC(=O)c1ccc2ccccc2c1. The third kappa shape index (κ3) is 4.37. The van der Waals surface area contributed by atoms with E-state index in [-0.39, 0.29) is 13.2 Å². The molecule has 0 aromatic heterocycles. The Kier molecular flexibility index (Phi) is 5.31. The van der Waals surface area contributed by atoms with Crippen molar-refractivity contribution in [3.05, 3.63) is 77.9 Å². The van der Waals surface area contributed by atoms with Crippen LogP contribution in [0.15, 0.2) is 66.7 Å². The Hall–Kier alpha value is -2.85. The number of aryl methyl sites for hydroxylation is 1. The molecule has 0 aliphatic carbocycles. The minimum absolute atomic E-state index is 0.0653. The topological polar surface area (TPSA) is 55.8 Å². The number of hydrogen-bond acceptors (Lipinski definition) is 4. The smallest absolute Gasteiger partial charge is 0.338 e. The summed E-state index contributed by atoms with van der Waals surface area (Å²) in [5.74, 6) is 0.253. The second kappa shape index (κ2) is 7.81. The van der Waals surface area contributed by atoms with Gasteiger partial charge in [0.15, 0.2) is 0 Å². The van der Waals surface area contributed by atoms with Gasteiger partial charge in [-0.3, -0.25) is 0 Å². The molecule has 0 aliphatic heterocycles. The number of aliphatic hydroxyl groups is 1. The summed E-state index contributed by atoms with van der Waals surface area (Å²) in [6, 6.07) is 20.7. The fourth-order valence-electron chi connectivity index (χ4n) is 2.52. The van der Waals surface area contributed by atoms with Crippen molar-refractivity contribution in [3.8, 4) is 5.75 Å². The van der Waals surface area contributed by atoms with Crippen LogP contribution in [0.3, 0.4) is 0 Å². The molecule has 4 heteroatoms. The molecule has 1 atom stereocenters. The number of rotatable bonds is 6. The molecule has 0 heterocycles. The third-order valence-corrected chi connectivity index (χ3v) is 3.92. The van der Waals surface area contributed by atoms with Crippen molar-refractivity contribution in [1.82, 2.24) is 0 Å². The Morgan fingerprint density at radius 2 is 1.68 bits per heavy atom. The number of carbonyl (C=O) groups is 1. The molecule has 0 fully saturated rings. The summed E-state index contributed by atoms with van der Waals surface area (Å²) in [5.41, 5.74) is 1.45. The van der Waals surface area contributed by atoms with Crippen molar-refractivity contribution < 1.29 is 19.4 Å². The van der Waals surface area contributed by atoms with E-state index in [0.717, 1.165) is 16.3 Å². The number of hydrogen-bond donors (Lipinski definition) is 1. The van der Waals surface area contributed by atoms with E-state index in [1.165, 1.54) is 0 Å². The van der Waals surface area contributed by atoms with Gasteiger partial charge in [-0.2, -0.15) is 0 Å². The van der Waals surface area contributed by atoms with E-state index in [9.17, 15) is 9.90 Å². The molecule has 0 spiro atoms. The highest BCUT2D eigenvalue weighted by Crippen LogP contribution is 2.17. The van der Waals surface area contributed by atoms with Gasteiger partial charge in [0, 0.05) is 0 Å². The largest absolute Gasteiger partial charge is 0.490 e. The fourth-order valence-corrected chi connectivity index (χ4v) is 2.52. The van der Waals surface area contributed by atoms with Crippen molar-refractivity contribution in [2.24, 2.45) is 0 Å². The van der Waals surface area contributed by atoms with E-state index in [4.69, 9.17) is 9.47 Å². The standard InChI is InChI=1S/C21H20O4/c1-15-6-2-5-9-20(15)24-13-19(22)14-25-21(23)18-11-10-16-7-3-4-8-17(16)12-18/h2-12,19,22H,13-14H2,1H3. The van der Waals surface area contributed by atoms with Gasteiger partial charge >= 0.3 is 5.97 Å². The molecule has 0 radical (unpaired) electrons. The van der Waals surface area contributed by atoms with E-state index < -0.39 is 12.1 Å². The molecule has 3 aromatic carbocycles. The van der Waals surface area contributed by atoms with Gasteiger partial charge in [-0.25, -0.2) is 4.79 Å². The number of carbonyl (C=O) groups excluding carboxylic acids is 1. The van der Waals surface area contributed by atoms with Crippen LogP contribution in [-0.2, 0) is 4.74 Å². The lowest BCUT2D eigenvalue weighted by Gasteiger charge is -2.14. The van der Waals surface area contributed by atoms with Crippen molar-refractivity contribution in [3.63, 3.8) is 0 Å². The molecule has 0 saturated heterocycles. The normalized spacial score (nSPS) is 11.9. The maximum absolute atomic E-state index is 12.1. The monoisotopic (exact) mass is 336 g/mol. The molecule has 4 nitrogen and oxygen atoms in total. The van der Waals surface area contributed by atoms with Crippen LogP contribution in [0.5, 0.6) is 5.75 Å². The predicted octanol–water partition coefficient (Wildman–Crippen LogP) is 3.74. The molecule has 3 rings (SSSR count). The minimum Gasteiger partial charge on any atom is -0.490 e. The zero-order valence-corrected chi connectivity index (χ0v) is 14.0. The van der Waals surface area contributed by atoms with Crippen LogP contribution < -0.4 is 4.74 Å². The number of ether oxygens (including phenoxy) is 2. The third-order valence-electron chi connectivity index (χ3n) is 3.92. The lowest BCUT2D eigenvalue weighted by Crippen LogP contribution is -2.25. The maximum atomic E-state index is 12.1. The van der Waals surface area contributed by atoms with Gasteiger partial charge in [-0.05, 0) is 41.5 Å². The van der Waals surface area contributed by atoms with Crippen LogP contribution in [-0.4, -0.2) is 30.4 Å². The highest BCUT2D eigenvalue weighted by molar-refractivity contribution is 5.95. The first-order valence-electron chi connectivity index (χ1n) is 8.16. The van der Waals surface area contributed by atoms with E-state index in [1.54, 1.807) is 12.1 Å². The Balaban J connectivity index is 1.53. The summed E-state index contributed by atoms with van der Waals surface area (Å²) < 4.78 is 10.7. The first-order chi connectivity index (χ1) is 12.1. The zero-order valence-electron chi connectivity index (χ0n) is 14.0. The molecular formula is C21H20O4. The number of esters is 1. The van der Waals surface area contributed by atoms with Crippen molar-refractivity contribution in [2.45, 2.75) is 13.0 Å². The molecule has 0 saturated carbocycles. The van der Waals surface area contributed by atoms with Gasteiger partial charge in [0.25, 0.3) is 0 Å². The van der Waals surface area contributed by atoms with Gasteiger partial charge in [0.2, 0.25) is 0 Å². The van der Waals surface area contributed by atoms with Gasteiger partial charge in [0.1, 0.15) is 25.1 Å². The zero-order chi connectivity index (χ0) is 17.6. The van der Waals surface area contributed by atoms with Crippen LogP contribution in [0.4, 0.5) is 0 Å². The molecule has 128 valence electrons. The van der Waals surface area contributed by atoms with Crippen molar-refractivity contribution in [2.75, 3.05) is 13.2 Å². The average Bonchev–Trinajstić information content (AvgIpc) is 2.65. The van der Waals surface area contributed by atoms with E-state index in [0.29, 0.717) is 11.3 Å². The first-order valence-corrected chi connectivity index (χ1v) is 8.16. The number of aliphatic hydroxyl groups excluding tert-OH is 1. The number of fused-ring (bicyclic) bond motifs is 1. The van der Waals surface area contributed by atoms with Crippen LogP contribution in [0.2, 0.25) is 0 Å². The fraction of sp³-hybridized carbons (Fsp3) is 0.190. The van der Waals surface area contributed by atoms with Crippen molar-refractivity contribution >= 4 is 16.7 Å². The van der Waals surface area contributed by atoms with E-state index in [1.807, 2.05) is 61.5 Å². The molecule has 0 amide bonds. The summed E-state index contributed by atoms with van der Waals surface area (Å²) in [7, 11) is 0. The Morgan fingerprint density at radius 1 is 0.960 bits per heavy atom. The predicted molar refractivity (Wildman–Crippen MR) is 96.9 cm³/mol. The van der Waals surface area contributed by atoms with Gasteiger partial charge in [-0.15, -0.1) is 0 Å². The number of para-hydroxylation sites is 1. The Labute approximate surface area is 146 Å². The first kappa shape index (κ1) is 17.0. The molecule has 0 bridgehead atoms. The highest BCUT2D eigenvalue weighted by atomic mass is 16.5. The molecule has 25 heavy (non-hydrogen) atoms.